The minimum Gasteiger partial charge on any atom is -0.366 e. The summed E-state index contributed by atoms with van der Waals surface area (Å²) in [7, 11) is 0. The number of ketones is 1. The smallest absolute Gasteiger partial charge is 0.155 e. The first-order valence-corrected chi connectivity index (χ1v) is 6.31. The van der Waals surface area contributed by atoms with E-state index in [0.29, 0.717) is 12.5 Å². The molecule has 2 heteroatoms. The van der Waals surface area contributed by atoms with Gasteiger partial charge in [-0.3, -0.25) is 4.79 Å². The fourth-order valence-electron chi connectivity index (χ4n) is 2.53. The van der Waals surface area contributed by atoms with Crippen LogP contribution in [0.1, 0.15) is 52.9 Å². The molecule has 1 heterocycles. The molecule has 0 N–H and O–H groups in total. The Labute approximate surface area is 98.1 Å². The van der Waals surface area contributed by atoms with Crippen LogP contribution in [0, 0.1) is 5.41 Å². The summed E-state index contributed by atoms with van der Waals surface area (Å²) in [6.07, 6.45) is 9.13. The molecule has 1 fully saturated rings. The van der Waals surface area contributed by atoms with E-state index in [0.717, 1.165) is 19.3 Å². The van der Waals surface area contributed by atoms with Gasteiger partial charge in [-0.1, -0.05) is 19.9 Å². The van der Waals surface area contributed by atoms with E-state index in [2.05, 4.69) is 26.8 Å². The summed E-state index contributed by atoms with van der Waals surface area (Å²) < 4.78 is 5.72. The van der Waals surface area contributed by atoms with Gasteiger partial charge < -0.3 is 4.74 Å². The number of ether oxygens (including phenoxy) is 1. The van der Waals surface area contributed by atoms with Crippen LogP contribution in [0.15, 0.2) is 12.2 Å². The van der Waals surface area contributed by atoms with Crippen LogP contribution in [-0.2, 0) is 9.53 Å². The molecule has 1 saturated heterocycles. The van der Waals surface area contributed by atoms with Crippen LogP contribution in [0.4, 0.5) is 0 Å². The van der Waals surface area contributed by atoms with Crippen molar-refractivity contribution in [3.63, 3.8) is 0 Å². The molecule has 16 heavy (non-hydrogen) atoms. The molecule has 2 atom stereocenters. The van der Waals surface area contributed by atoms with Crippen LogP contribution in [0.25, 0.3) is 0 Å². The van der Waals surface area contributed by atoms with Gasteiger partial charge in [-0.2, -0.15) is 0 Å². The number of carbonyl (C=O) groups excluding carboxylic acids is 1. The average Bonchev–Trinajstić information content (AvgIpc) is 2.82. The summed E-state index contributed by atoms with van der Waals surface area (Å²) in [5.74, 6) is 0.243. The van der Waals surface area contributed by atoms with Crippen LogP contribution in [0.3, 0.4) is 0 Å². The van der Waals surface area contributed by atoms with Crippen molar-refractivity contribution in [2.45, 2.75) is 64.6 Å². The summed E-state index contributed by atoms with van der Waals surface area (Å²) in [6, 6.07) is 0. The van der Waals surface area contributed by atoms with Crippen molar-refractivity contribution in [1.82, 2.24) is 0 Å². The Kier molecular flexibility index (Phi) is 2.95. The first-order chi connectivity index (χ1) is 7.41. The zero-order valence-corrected chi connectivity index (χ0v) is 10.6. The molecule has 0 radical (unpaired) electrons. The van der Waals surface area contributed by atoms with Gasteiger partial charge in [0.15, 0.2) is 5.78 Å². The van der Waals surface area contributed by atoms with Gasteiger partial charge in [-0.25, -0.2) is 0 Å². The third-order valence-corrected chi connectivity index (χ3v) is 3.90. The van der Waals surface area contributed by atoms with Gasteiger partial charge in [0.25, 0.3) is 0 Å². The summed E-state index contributed by atoms with van der Waals surface area (Å²) in [4.78, 5) is 11.6. The topological polar surface area (TPSA) is 29.6 Å². The van der Waals surface area contributed by atoms with Crippen molar-refractivity contribution >= 4 is 5.78 Å². The van der Waals surface area contributed by atoms with E-state index in [4.69, 9.17) is 4.74 Å². The number of allylic oxidation sites excluding steroid dienone is 2. The van der Waals surface area contributed by atoms with E-state index in [1.54, 1.807) is 6.08 Å². The van der Waals surface area contributed by atoms with Crippen molar-refractivity contribution in [3.8, 4) is 0 Å². The lowest BCUT2D eigenvalue weighted by atomic mass is 9.85. The molecule has 2 nitrogen and oxygen atoms in total. The van der Waals surface area contributed by atoms with E-state index in [9.17, 15) is 4.79 Å². The van der Waals surface area contributed by atoms with Gasteiger partial charge in [0.2, 0.25) is 0 Å². The maximum absolute atomic E-state index is 11.6. The largest absolute Gasteiger partial charge is 0.366 e. The fourth-order valence-corrected chi connectivity index (χ4v) is 2.53. The van der Waals surface area contributed by atoms with Crippen molar-refractivity contribution < 1.29 is 9.53 Å². The maximum Gasteiger partial charge on any atom is 0.155 e. The van der Waals surface area contributed by atoms with Crippen molar-refractivity contribution in [2.24, 2.45) is 5.41 Å². The van der Waals surface area contributed by atoms with Gasteiger partial charge in [0.1, 0.15) is 0 Å². The number of hydrogen-bond acceptors (Lipinski definition) is 2. The van der Waals surface area contributed by atoms with Crippen molar-refractivity contribution in [2.75, 3.05) is 0 Å². The Hall–Kier alpha value is -0.630. The molecule has 0 aromatic carbocycles. The number of hydrogen-bond donors (Lipinski definition) is 0. The number of rotatable bonds is 0. The highest BCUT2D eigenvalue weighted by molar-refractivity contribution is 5.89. The summed E-state index contributed by atoms with van der Waals surface area (Å²) in [5.41, 5.74) is 0.210. The monoisotopic (exact) mass is 222 g/mol. The molecule has 0 aromatic heterocycles. The first kappa shape index (κ1) is 11.8. The first-order valence-electron chi connectivity index (χ1n) is 6.31. The van der Waals surface area contributed by atoms with Gasteiger partial charge in [-0.15, -0.1) is 0 Å². The SMILES string of the molecule is CC1(C)/C=C\C(=O)CCC2OC2(C)CCC1. The Balaban J connectivity index is 2.04. The van der Waals surface area contributed by atoms with E-state index in [1.165, 1.54) is 6.42 Å². The summed E-state index contributed by atoms with van der Waals surface area (Å²) in [5, 5.41) is 0. The van der Waals surface area contributed by atoms with Crippen molar-refractivity contribution in [3.05, 3.63) is 12.2 Å². The van der Waals surface area contributed by atoms with Crippen LogP contribution < -0.4 is 0 Å². The van der Waals surface area contributed by atoms with E-state index in [-0.39, 0.29) is 16.8 Å². The van der Waals surface area contributed by atoms with Gasteiger partial charge in [-0.05, 0) is 44.1 Å². The molecule has 1 aliphatic heterocycles. The Morgan fingerprint density at radius 1 is 1.31 bits per heavy atom. The standard InChI is InChI=1S/C14H22O2/c1-13(2)8-4-9-14(3)12(16-14)6-5-11(15)7-10-13/h7,10,12H,4-6,8-9H2,1-3H3/b10-7-. The quantitative estimate of drug-likeness (QED) is 0.589. The summed E-state index contributed by atoms with van der Waals surface area (Å²) >= 11 is 0. The third-order valence-electron chi connectivity index (χ3n) is 3.90. The lowest BCUT2D eigenvalue weighted by Crippen LogP contribution is -2.12. The van der Waals surface area contributed by atoms with Crippen LogP contribution in [0.5, 0.6) is 0 Å². The molecular weight excluding hydrogens is 200 g/mol. The molecule has 2 unspecified atom stereocenters. The second kappa shape index (κ2) is 3.99. The highest BCUT2D eigenvalue weighted by Crippen LogP contribution is 2.44. The maximum atomic E-state index is 11.6. The Morgan fingerprint density at radius 2 is 2.06 bits per heavy atom. The second-order valence-electron chi connectivity index (χ2n) is 6.10. The lowest BCUT2D eigenvalue weighted by molar-refractivity contribution is -0.114. The molecule has 1 aliphatic carbocycles. The normalized spacial score (nSPS) is 40.7. The van der Waals surface area contributed by atoms with Gasteiger partial charge in [0, 0.05) is 6.42 Å². The summed E-state index contributed by atoms with van der Waals surface area (Å²) in [6.45, 7) is 6.57. The molecule has 0 amide bonds. The number of epoxide rings is 1. The molecule has 2 aliphatic rings. The highest BCUT2D eigenvalue weighted by atomic mass is 16.6. The molecule has 0 bridgehead atoms. The third kappa shape index (κ3) is 2.73. The molecule has 90 valence electrons. The minimum absolute atomic E-state index is 0.0701. The van der Waals surface area contributed by atoms with Crippen LogP contribution in [0.2, 0.25) is 0 Å². The molecular formula is C14H22O2. The van der Waals surface area contributed by atoms with Gasteiger partial charge >= 0.3 is 0 Å². The zero-order chi connectivity index (χ0) is 11.8. The molecule has 0 aromatic rings. The predicted molar refractivity (Wildman–Crippen MR) is 64.3 cm³/mol. The predicted octanol–water partition coefficient (Wildman–Crippen LogP) is 3.26. The lowest BCUT2D eigenvalue weighted by Gasteiger charge is -2.20. The van der Waals surface area contributed by atoms with Gasteiger partial charge in [0.05, 0.1) is 11.7 Å². The van der Waals surface area contributed by atoms with E-state index in [1.807, 2.05) is 0 Å². The van der Waals surface area contributed by atoms with Crippen LogP contribution in [-0.4, -0.2) is 17.5 Å². The average molecular weight is 222 g/mol. The van der Waals surface area contributed by atoms with E-state index < -0.39 is 0 Å². The Morgan fingerprint density at radius 3 is 2.81 bits per heavy atom. The number of fused-ring (bicyclic) bond motifs is 1. The molecule has 0 saturated carbocycles. The van der Waals surface area contributed by atoms with E-state index >= 15 is 0 Å². The van der Waals surface area contributed by atoms with Crippen molar-refractivity contribution in [1.29, 1.82) is 0 Å². The second-order valence-corrected chi connectivity index (χ2v) is 6.10. The fraction of sp³-hybridized carbons (Fsp3) is 0.786. The highest BCUT2D eigenvalue weighted by Gasteiger charge is 2.51. The Bertz CT molecular complexity index is 317. The van der Waals surface area contributed by atoms with Crippen LogP contribution >= 0.6 is 0 Å². The molecule has 0 spiro atoms. The number of carbonyl (C=O) groups is 1. The molecule has 2 rings (SSSR count). The zero-order valence-electron chi connectivity index (χ0n) is 10.6. The minimum atomic E-state index is 0.0701.